The van der Waals surface area contributed by atoms with E-state index in [1.807, 2.05) is 4.90 Å². The minimum absolute atomic E-state index is 0.109. The first-order chi connectivity index (χ1) is 13.5. The Morgan fingerprint density at radius 1 is 1.11 bits per heavy atom. The molecule has 1 aromatic rings. The van der Waals surface area contributed by atoms with Gasteiger partial charge >= 0.3 is 5.97 Å². The summed E-state index contributed by atoms with van der Waals surface area (Å²) in [6, 6.07) is 8.33. The molecular formula is C22H30N2O4. The summed E-state index contributed by atoms with van der Waals surface area (Å²) in [4.78, 5) is 39.3. The largest absolute Gasteiger partial charge is 0.480 e. The molecule has 1 aromatic carbocycles. The molecule has 1 heterocycles. The number of carboxylic acids is 1. The Labute approximate surface area is 166 Å². The van der Waals surface area contributed by atoms with E-state index in [9.17, 15) is 14.4 Å². The van der Waals surface area contributed by atoms with Crippen LogP contribution in [0.15, 0.2) is 24.3 Å². The smallest absolute Gasteiger partial charge is 0.323 e. The number of likely N-dealkylation sites (tertiary alicyclic amines) is 1. The summed E-state index contributed by atoms with van der Waals surface area (Å²) in [7, 11) is 0. The van der Waals surface area contributed by atoms with E-state index in [0.29, 0.717) is 25.9 Å². The zero-order chi connectivity index (χ0) is 20.1. The topological polar surface area (TPSA) is 77.9 Å². The van der Waals surface area contributed by atoms with Crippen LogP contribution in [0.1, 0.15) is 62.5 Å². The summed E-state index contributed by atoms with van der Waals surface area (Å²) in [5.41, 5.74) is 2.69. The van der Waals surface area contributed by atoms with Gasteiger partial charge in [-0.1, -0.05) is 24.3 Å². The molecule has 1 aliphatic carbocycles. The molecule has 0 radical (unpaired) electrons. The van der Waals surface area contributed by atoms with E-state index in [1.165, 1.54) is 23.0 Å². The first-order valence-corrected chi connectivity index (χ1v) is 10.3. The first kappa shape index (κ1) is 20.4. The predicted octanol–water partition coefficient (Wildman–Crippen LogP) is 2.81. The quantitative estimate of drug-likeness (QED) is 0.844. The summed E-state index contributed by atoms with van der Waals surface area (Å²) in [6.45, 7) is 2.41. The van der Waals surface area contributed by atoms with Crippen LogP contribution in [0.25, 0.3) is 0 Å². The van der Waals surface area contributed by atoms with Crippen molar-refractivity contribution < 1.29 is 19.5 Å². The summed E-state index contributed by atoms with van der Waals surface area (Å²) in [6.07, 6.45) is 5.98. The number of amides is 2. The van der Waals surface area contributed by atoms with E-state index in [4.69, 9.17) is 5.11 Å². The molecule has 6 heteroatoms. The standard InChI is InChI=1S/C22H30N2O4/c1-16(25)24(15-22(27)28)19-9-5-12-23(13-11-19)21(26)14-18-8-4-7-17-6-2-3-10-20(17)18/h2-3,6,10,18-19H,4-5,7-9,11-15H2,1H3,(H,27,28). The Morgan fingerprint density at radius 3 is 2.64 bits per heavy atom. The lowest BCUT2D eigenvalue weighted by atomic mass is 9.81. The minimum Gasteiger partial charge on any atom is -0.480 e. The summed E-state index contributed by atoms with van der Waals surface area (Å²) >= 11 is 0. The van der Waals surface area contributed by atoms with Crippen molar-refractivity contribution in [3.8, 4) is 0 Å². The number of carboxylic acid groups (broad SMARTS) is 1. The molecule has 2 atom stereocenters. The highest BCUT2D eigenvalue weighted by atomic mass is 16.4. The highest BCUT2D eigenvalue weighted by Crippen LogP contribution is 2.34. The zero-order valence-corrected chi connectivity index (χ0v) is 16.6. The third-order valence-electron chi connectivity index (χ3n) is 6.12. The van der Waals surface area contributed by atoms with Crippen molar-refractivity contribution in [3.63, 3.8) is 0 Å². The molecule has 1 N–H and O–H groups in total. The summed E-state index contributed by atoms with van der Waals surface area (Å²) in [5, 5.41) is 9.08. The average Bonchev–Trinajstić information content (AvgIpc) is 2.92. The van der Waals surface area contributed by atoms with Crippen molar-refractivity contribution in [3.05, 3.63) is 35.4 Å². The fourth-order valence-corrected chi connectivity index (χ4v) is 4.69. The van der Waals surface area contributed by atoms with E-state index in [1.54, 1.807) is 0 Å². The predicted molar refractivity (Wildman–Crippen MR) is 106 cm³/mol. The third-order valence-corrected chi connectivity index (χ3v) is 6.12. The molecule has 0 bridgehead atoms. The van der Waals surface area contributed by atoms with Crippen LogP contribution in [0.3, 0.4) is 0 Å². The molecule has 2 amide bonds. The second kappa shape index (κ2) is 9.22. The third kappa shape index (κ3) is 4.91. The summed E-state index contributed by atoms with van der Waals surface area (Å²) in [5.74, 6) is -0.749. The van der Waals surface area contributed by atoms with Gasteiger partial charge < -0.3 is 14.9 Å². The van der Waals surface area contributed by atoms with Crippen molar-refractivity contribution in [1.29, 1.82) is 0 Å². The Bertz CT molecular complexity index is 733. The van der Waals surface area contributed by atoms with Gasteiger partial charge in [0, 0.05) is 32.5 Å². The number of aliphatic carboxylic acids is 1. The van der Waals surface area contributed by atoms with Crippen LogP contribution >= 0.6 is 0 Å². The maximum Gasteiger partial charge on any atom is 0.323 e. The van der Waals surface area contributed by atoms with Crippen molar-refractivity contribution in [2.75, 3.05) is 19.6 Å². The monoisotopic (exact) mass is 386 g/mol. The number of benzene rings is 1. The molecule has 152 valence electrons. The van der Waals surface area contributed by atoms with Gasteiger partial charge in [-0.3, -0.25) is 14.4 Å². The van der Waals surface area contributed by atoms with Crippen LogP contribution in [0.5, 0.6) is 0 Å². The minimum atomic E-state index is -0.997. The maximum atomic E-state index is 13.0. The van der Waals surface area contributed by atoms with E-state index >= 15 is 0 Å². The fraction of sp³-hybridized carbons (Fsp3) is 0.591. The van der Waals surface area contributed by atoms with E-state index in [2.05, 4.69) is 24.3 Å². The van der Waals surface area contributed by atoms with E-state index in [0.717, 1.165) is 32.1 Å². The lowest BCUT2D eigenvalue weighted by Crippen LogP contribution is -2.43. The molecule has 0 spiro atoms. The SMILES string of the molecule is CC(=O)N(CC(=O)O)C1CCCN(C(=O)CC2CCCc3ccccc32)CC1. The maximum absolute atomic E-state index is 13.0. The molecular weight excluding hydrogens is 356 g/mol. The molecule has 3 rings (SSSR count). The number of rotatable bonds is 5. The average molecular weight is 386 g/mol. The molecule has 2 unspecified atom stereocenters. The molecule has 0 saturated carbocycles. The van der Waals surface area contributed by atoms with Crippen LogP contribution in [0, 0.1) is 0 Å². The van der Waals surface area contributed by atoms with Crippen molar-refractivity contribution in [2.45, 2.75) is 63.8 Å². The number of nitrogens with zero attached hydrogens (tertiary/aromatic N) is 2. The highest BCUT2D eigenvalue weighted by Gasteiger charge is 2.29. The highest BCUT2D eigenvalue weighted by molar-refractivity contribution is 5.80. The fourth-order valence-electron chi connectivity index (χ4n) is 4.69. The number of hydrogen-bond acceptors (Lipinski definition) is 3. The molecule has 1 fully saturated rings. The second-order valence-corrected chi connectivity index (χ2v) is 8.00. The molecule has 6 nitrogen and oxygen atoms in total. The van der Waals surface area contributed by atoms with Crippen molar-refractivity contribution >= 4 is 17.8 Å². The van der Waals surface area contributed by atoms with Gasteiger partial charge in [-0.2, -0.15) is 0 Å². The number of carbonyl (C=O) groups is 3. The van der Waals surface area contributed by atoms with Gasteiger partial charge in [0.25, 0.3) is 0 Å². The van der Waals surface area contributed by atoms with Gasteiger partial charge in [0.15, 0.2) is 0 Å². The van der Waals surface area contributed by atoms with Crippen LogP contribution in [-0.2, 0) is 20.8 Å². The molecule has 1 aliphatic heterocycles. The van der Waals surface area contributed by atoms with Gasteiger partial charge in [0.05, 0.1) is 0 Å². The Kier molecular flexibility index (Phi) is 6.70. The molecule has 28 heavy (non-hydrogen) atoms. The Balaban J connectivity index is 1.60. The van der Waals surface area contributed by atoms with Gasteiger partial charge in [-0.15, -0.1) is 0 Å². The molecule has 2 aliphatic rings. The van der Waals surface area contributed by atoms with E-state index < -0.39 is 5.97 Å². The first-order valence-electron chi connectivity index (χ1n) is 10.3. The number of hydrogen-bond donors (Lipinski definition) is 1. The number of carbonyl (C=O) groups excluding carboxylic acids is 2. The summed E-state index contributed by atoms with van der Waals surface area (Å²) < 4.78 is 0. The molecule has 1 saturated heterocycles. The van der Waals surface area contributed by atoms with Crippen molar-refractivity contribution in [2.24, 2.45) is 0 Å². The number of fused-ring (bicyclic) bond motifs is 1. The van der Waals surface area contributed by atoms with Gasteiger partial charge in [-0.25, -0.2) is 0 Å². The van der Waals surface area contributed by atoms with Crippen molar-refractivity contribution in [1.82, 2.24) is 9.80 Å². The Hall–Kier alpha value is -2.37. The van der Waals surface area contributed by atoms with E-state index in [-0.39, 0.29) is 30.3 Å². The zero-order valence-electron chi connectivity index (χ0n) is 16.6. The van der Waals surface area contributed by atoms with Gasteiger partial charge in [0.1, 0.15) is 6.54 Å². The normalized spacial score (nSPS) is 22.1. The van der Waals surface area contributed by atoms with Crippen LogP contribution in [0.2, 0.25) is 0 Å². The number of aryl methyl sites for hydroxylation is 1. The van der Waals surface area contributed by atoms with Crippen LogP contribution in [-0.4, -0.2) is 58.4 Å². The van der Waals surface area contributed by atoms with Crippen LogP contribution in [0.4, 0.5) is 0 Å². The van der Waals surface area contributed by atoms with Gasteiger partial charge in [-0.05, 0) is 55.6 Å². The van der Waals surface area contributed by atoms with Crippen LogP contribution < -0.4 is 0 Å². The lowest BCUT2D eigenvalue weighted by Gasteiger charge is -2.29. The second-order valence-electron chi connectivity index (χ2n) is 8.00. The lowest BCUT2D eigenvalue weighted by molar-refractivity contribution is -0.145. The van der Waals surface area contributed by atoms with Gasteiger partial charge in [0.2, 0.25) is 11.8 Å². The molecule has 0 aromatic heterocycles. The Morgan fingerprint density at radius 2 is 1.89 bits per heavy atom.